The van der Waals surface area contributed by atoms with Gasteiger partial charge in [0, 0.05) is 84.4 Å². The first-order chi connectivity index (χ1) is 36.7. The average Bonchev–Trinajstić information content (AvgIpc) is 3.93. The third-order valence-electron chi connectivity index (χ3n) is 13.7. The standard InChI is InChI=1S/C53H71N5O16S3/c1-4-58-47-44(57-53(58)63)32-75-45(47)13-6-5-11-37(60)12-9-22-70-24-26-72-28-29-73-27-25-71-23-20-38(61)31-35(34(3)59)10-7-8-21-56-52(62)36-14-15-39(33(2)30-36)46-40-16-18-42(54)50(76(64,65)66)48(40)74-49-41(46)17-19-43(55)51(49)77(67,68)69/h14-19,30,35,44-45,47,54H,4-13,20-29,31-32,55H2,1-3H3,(H,56,62)(H,57,63)(H,64,65,66)(H,67,68,69)/t35-,44+,45+,47+/m1/s1. The predicted octanol–water partition coefficient (Wildman–Crippen LogP) is 6.40. The van der Waals surface area contributed by atoms with Crippen molar-refractivity contribution < 1.29 is 73.3 Å². The molecule has 0 spiro atoms. The molecule has 3 aliphatic heterocycles. The van der Waals surface area contributed by atoms with Crippen molar-refractivity contribution in [2.45, 2.75) is 119 Å². The fourth-order valence-corrected chi connectivity index (χ4v) is 12.9. The molecule has 2 aromatic rings. The van der Waals surface area contributed by atoms with Gasteiger partial charge < -0.3 is 44.6 Å². The predicted molar refractivity (Wildman–Crippen MR) is 288 cm³/mol. The SMILES string of the molecule is CCN1C(=O)N[C@H]2CS[C@@H](CCCCC(=O)CCCOCCOCCOCCOCCC(=O)C[C@@H](CCCCNC(=O)c3ccc(-c4c5ccc(=N)c(S(=O)(=O)O)c-5oc5c(S(=O)(=O)O)c(N)ccc45)c(C)c3)C(C)=O)[C@H]21. The number of nitrogens with zero attached hydrogens (tertiary/aromatic N) is 1. The molecule has 0 unspecified atom stereocenters. The number of hydrogen-bond donors (Lipinski definition) is 6. The van der Waals surface area contributed by atoms with Crippen molar-refractivity contribution in [1.29, 1.82) is 5.41 Å². The van der Waals surface area contributed by atoms with Crippen LogP contribution in [0.3, 0.4) is 0 Å². The molecule has 4 atom stereocenters. The van der Waals surface area contributed by atoms with E-state index in [2.05, 4.69) is 10.6 Å². The van der Waals surface area contributed by atoms with Crippen LogP contribution in [-0.4, -0.2) is 149 Å². The highest BCUT2D eigenvalue weighted by Crippen LogP contribution is 2.46. The Labute approximate surface area is 453 Å². The number of carbonyl (C=O) groups is 5. The lowest BCUT2D eigenvalue weighted by atomic mass is 9.90. The van der Waals surface area contributed by atoms with E-state index in [-0.39, 0.29) is 83.5 Å². The summed E-state index contributed by atoms with van der Waals surface area (Å²) in [5, 5.41) is 14.0. The Morgan fingerprint density at radius 1 is 0.831 bits per heavy atom. The van der Waals surface area contributed by atoms with Crippen LogP contribution < -0.4 is 21.7 Å². The van der Waals surface area contributed by atoms with Crippen LogP contribution in [0.4, 0.5) is 10.5 Å². The van der Waals surface area contributed by atoms with Crippen molar-refractivity contribution in [2.75, 3.05) is 77.4 Å². The van der Waals surface area contributed by atoms with E-state index in [0.717, 1.165) is 37.6 Å². The molecule has 6 rings (SSSR count). The van der Waals surface area contributed by atoms with Crippen LogP contribution >= 0.6 is 11.8 Å². The Hall–Kier alpha value is -5.31. The quantitative estimate of drug-likeness (QED) is 0.00969. The number of urea groups is 1. The van der Waals surface area contributed by atoms with Crippen molar-refractivity contribution in [1.82, 2.24) is 15.5 Å². The van der Waals surface area contributed by atoms with Gasteiger partial charge in [-0.1, -0.05) is 18.9 Å². The smallest absolute Gasteiger partial charge is 0.318 e. The molecular weight excluding hydrogens is 1060 g/mol. The number of nitrogens with two attached hydrogens (primary N) is 1. The number of Topliss-reactive ketones (excluding diaryl/α,β-unsaturated/α-hetero) is 3. The summed E-state index contributed by atoms with van der Waals surface area (Å²) in [5.41, 5.74) is 6.46. The number of nitrogens with one attached hydrogen (secondary N) is 3. The summed E-state index contributed by atoms with van der Waals surface area (Å²) < 4.78 is 98.2. The average molecular weight is 1130 g/mol. The second-order valence-corrected chi connectivity index (χ2v) is 23.2. The van der Waals surface area contributed by atoms with E-state index >= 15 is 0 Å². The van der Waals surface area contributed by atoms with Crippen LogP contribution in [0.5, 0.6) is 0 Å². The lowest BCUT2D eigenvalue weighted by molar-refractivity contribution is -0.127. The molecule has 0 aromatic heterocycles. The molecule has 1 aliphatic carbocycles. The Morgan fingerprint density at radius 3 is 2.13 bits per heavy atom. The molecule has 77 heavy (non-hydrogen) atoms. The number of fused-ring (bicyclic) bond motifs is 3. The van der Waals surface area contributed by atoms with Gasteiger partial charge >= 0.3 is 6.03 Å². The number of nitrogen functional groups attached to an aromatic ring is 1. The van der Waals surface area contributed by atoms with Crippen LogP contribution in [0.25, 0.3) is 33.4 Å². The number of amides is 3. The van der Waals surface area contributed by atoms with Crippen LogP contribution in [0.2, 0.25) is 0 Å². The van der Waals surface area contributed by atoms with Crippen LogP contribution in [0, 0.1) is 18.3 Å². The number of hydrogen-bond acceptors (Lipinski definition) is 17. The molecule has 7 N–H and O–H groups in total. The highest BCUT2D eigenvalue weighted by Gasteiger charge is 2.47. The summed E-state index contributed by atoms with van der Waals surface area (Å²) in [4.78, 5) is 63.1. The van der Waals surface area contributed by atoms with Gasteiger partial charge in [-0.25, -0.2) is 4.79 Å². The van der Waals surface area contributed by atoms with Gasteiger partial charge in [-0.15, -0.1) is 0 Å². The zero-order chi connectivity index (χ0) is 55.9. The van der Waals surface area contributed by atoms with E-state index in [9.17, 15) is 49.9 Å². The molecule has 3 heterocycles. The molecule has 0 radical (unpaired) electrons. The van der Waals surface area contributed by atoms with Gasteiger partial charge in [-0.05, 0) is 100 Å². The molecule has 0 bridgehead atoms. The third kappa shape index (κ3) is 16.6. The largest absolute Gasteiger partial charge is 0.453 e. The van der Waals surface area contributed by atoms with E-state index in [0.29, 0.717) is 101 Å². The fourth-order valence-electron chi connectivity index (χ4n) is 9.85. The number of carbonyl (C=O) groups excluding carboxylic acids is 5. The monoisotopic (exact) mass is 1130 g/mol. The molecule has 4 aliphatic rings. The minimum Gasteiger partial charge on any atom is -0.453 e. The second-order valence-electron chi connectivity index (χ2n) is 19.2. The summed E-state index contributed by atoms with van der Waals surface area (Å²) >= 11 is 1.93. The summed E-state index contributed by atoms with van der Waals surface area (Å²) in [5.74, 6) is -0.425. The number of unbranched alkanes of at least 4 members (excludes halogenated alkanes) is 2. The van der Waals surface area contributed by atoms with Gasteiger partial charge in [0.25, 0.3) is 26.1 Å². The number of benzene rings is 3. The van der Waals surface area contributed by atoms with Crippen molar-refractivity contribution in [3.63, 3.8) is 0 Å². The highest BCUT2D eigenvalue weighted by atomic mass is 32.2. The van der Waals surface area contributed by atoms with Crippen LogP contribution in [-0.2, 0) is 53.6 Å². The summed E-state index contributed by atoms with van der Waals surface area (Å²) in [6.45, 7) is 9.01. The maximum atomic E-state index is 13.3. The summed E-state index contributed by atoms with van der Waals surface area (Å²) in [7, 11) is -10.1. The van der Waals surface area contributed by atoms with E-state index in [1.807, 2.05) is 23.6 Å². The lowest BCUT2D eigenvalue weighted by Gasteiger charge is -2.26. The zero-order valence-corrected chi connectivity index (χ0v) is 46.2. The minimum atomic E-state index is -5.09. The molecule has 2 fully saturated rings. The normalized spacial score (nSPS) is 17.0. The number of aryl methyl sites for hydroxylation is 1. The number of ketones is 3. The van der Waals surface area contributed by atoms with E-state index in [1.165, 1.54) is 31.2 Å². The molecule has 2 aromatic carbocycles. The maximum absolute atomic E-state index is 13.3. The Morgan fingerprint density at radius 2 is 1.48 bits per heavy atom. The summed E-state index contributed by atoms with van der Waals surface area (Å²) in [6, 6.07) is 10.3. The Bertz CT molecular complexity index is 3000. The van der Waals surface area contributed by atoms with Gasteiger partial charge in [-0.2, -0.15) is 28.6 Å². The highest BCUT2D eigenvalue weighted by molar-refractivity contribution is 8.00. The zero-order valence-electron chi connectivity index (χ0n) is 43.8. The molecule has 24 heteroatoms. The van der Waals surface area contributed by atoms with Crippen molar-refractivity contribution >= 4 is 77.9 Å². The van der Waals surface area contributed by atoms with Gasteiger partial charge in [-0.3, -0.25) is 33.7 Å². The number of rotatable bonds is 34. The maximum Gasteiger partial charge on any atom is 0.318 e. The Balaban J connectivity index is 0.810. The number of ether oxygens (including phenoxy) is 4. The van der Waals surface area contributed by atoms with Gasteiger partial charge in [0.1, 0.15) is 17.3 Å². The molecular formula is C53H71N5O16S3. The topological polar surface area (TPSA) is 321 Å². The van der Waals surface area contributed by atoms with Crippen molar-refractivity contribution in [2.24, 2.45) is 5.92 Å². The number of anilines is 1. The first-order valence-electron chi connectivity index (χ1n) is 26.0. The molecule has 422 valence electrons. The fraction of sp³-hybridized carbons (Fsp3) is 0.547. The van der Waals surface area contributed by atoms with E-state index < -0.39 is 64.2 Å². The van der Waals surface area contributed by atoms with Crippen LogP contribution in [0.1, 0.15) is 100 Å². The second kappa shape index (κ2) is 28.5. The first-order valence-corrected chi connectivity index (χ1v) is 29.9. The van der Waals surface area contributed by atoms with Gasteiger partial charge in [0.05, 0.1) is 69.4 Å². The third-order valence-corrected chi connectivity index (χ3v) is 17.1. The summed E-state index contributed by atoms with van der Waals surface area (Å²) in [6.07, 6.45) is 6.40. The molecule has 2 saturated heterocycles. The molecule has 21 nitrogen and oxygen atoms in total. The first kappa shape index (κ1) is 60.9. The molecule has 3 amide bonds. The Kier molecular flexibility index (Phi) is 22.6. The van der Waals surface area contributed by atoms with E-state index in [1.54, 1.807) is 19.1 Å². The van der Waals surface area contributed by atoms with Crippen molar-refractivity contribution in [3.05, 3.63) is 58.9 Å². The minimum absolute atomic E-state index is 0.0434. The van der Waals surface area contributed by atoms with Gasteiger partial charge in [0.15, 0.2) is 21.1 Å². The van der Waals surface area contributed by atoms with Gasteiger partial charge in [0.2, 0.25) is 0 Å². The molecule has 0 saturated carbocycles. The van der Waals surface area contributed by atoms with E-state index in [4.69, 9.17) is 34.5 Å². The van der Waals surface area contributed by atoms with Crippen molar-refractivity contribution in [3.8, 4) is 22.5 Å². The number of thioether (sulfide) groups is 1. The lowest BCUT2D eigenvalue weighted by Crippen LogP contribution is -2.40. The number of likely N-dealkylation sites (N-methyl/N-ethyl adjacent to an activating group) is 1. The van der Waals surface area contributed by atoms with Crippen LogP contribution in [0.15, 0.2) is 56.7 Å².